The standard InChI is InChI=1S/C12H8N2O2/c15-12-8-4-1-2-5-9(8)16-10-6-3-7-13-11(10)14-12/h1-7H,(H,13,14,15). The minimum atomic E-state index is -0.201. The Labute approximate surface area is 91.9 Å². The van der Waals surface area contributed by atoms with Gasteiger partial charge in [0, 0.05) is 6.20 Å². The average molecular weight is 212 g/mol. The van der Waals surface area contributed by atoms with Crippen LogP contribution >= 0.6 is 0 Å². The molecule has 1 amide bonds. The van der Waals surface area contributed by atoms with Crippen LogP contribution < -0.4 is 10.1 Å². The van der Waals surface area contributed by atoms with Crippen LogP contribution in [0.25, 0.3) is 0 Å². The second kappa shape index (κ2) is 3.34. The van der Waals surface area contributed by atoms with Gasteiger partial charge in [0.1, 0.15) is 5.75 Å². The van der Waals surface area contributed by atoms with Crippen LogP contribution in [0.4, 0.5) is 5.82 Å². The predicted octanol–water partition coefficient (Wildman–Crippen LogP) is 2.44. The van der Waals surface area contributed by atoms with Crippen LogP contribution in [0, 0.1) is 0 Å². The van der Waals surface area contributed by atoms with E-state index >= 15 is 0 Å². The summed E-state index contributed by atoms with van der Waals surface area (Å²) in [6.07, 6.45) is 1.61. The number of carbonyl (C=O) groups excluding carboxylic acids is 1. The van der Waals surface area contributed by atoms with E-state index in [1.165, 1.54) is 0 Å². The summed E-state index contributed by atoms with van der Waals surface area (Å²) in [5, 5.41) is 2.70. The molecule has 1 aliphatic heterocycles. The third-order valence-electron chi connectivity index (χ3n) is 2.35. The van der Waals surface area contributed by atoms with E-state index in [4.69, 9.17) is 4.74 Å². The number of anilines is 1. The van der Waals surface area contributed by atoms with Gasteiger partial charge in [-0.1, -0.05) is 12.1 Å². The molecule has 4 nitrogen and oxygen atoms in total. The molecule has 0 aliphatic carbocycles. The first-order valence-corrected chi connectivity index (χ1v) is 4.88. The number of benzene rings is 1. The van der Waals surface area contributed by atoms with Crippen molar-refractivity contribution in [1.29, 1.82) is 0 Å². The largest absolute Gasteiger partial charge is 0.453 e. The topological polar surface area (TPSA) is 51.2 Å². The van der Waals surface area contributed by atoms with Crippen LogP contribution in [-0.4, -0.2) is 10.9 Å². The van der Waals surface area contributed by atoms with Crippen molar-refractivity contribution in [1.82, 2.24) is 4.98 Å². The molecule has 0 bridgehead atoms. The van der Waals surface area contributed by atoms with Crippen molar-refractivity contribution in [3.05, 3.63) is 48.2 Å². The van der Waals surface area contributed by atoms with Gasteiger partial charge in [-0.25, -0.2) is 4.98 Å². The van der Waals surface area contributed by atoms with Crippen molar-refractivity contribution >= 4 is 11.7 Å². The molecular formula is C12H8N2O2. The monoisotopic (exact) mass is 212 g/mol. The zero-order valence-corrected chi connectivity index (χ0v) is 8.31. The van der Waals surface area contributed by atoms with E-state index in [1.807, 2.05) is 6.07 Å². The summed E-state index contributed by atoms with van der Waals surface area (Å²) in [6.45, 7) is 0. The number of amides is 1. The lowest BCUT2D eigenvalue weighted by Gasteiger charge is -2.05. The maximum absolute atomic E-state index is 11.8. The molecule has 0 saturated heterocycles. The molecule has 78 valence electrons. The number of fused-ring (bicyclic) bond motifs is 2. The first-order chi connectivity index (χ1) is 7.84. The molecule has 0 unspecified atom stereocenters. The van der Waals surface area contributed by atoms with E-state index in [2.05, 4.69) is 10.3 Å². The van der Waals surface area contributed by atoms with Crippen LogP contribution in [0.1, 0.15) is 10.4 Å². The van der Waals surface area contributed by atoms with Crippen LogP contribution in [0.5, 0.6) is 11.5 Å². The minimum Gasteiger partial charge on any atom is -0.453 e. The van der Waals surface area contributed by atoms with Gasteiger partial charge in [-0.2, -0.15) is 0 Å². The molecule has 0 radical (unpaired) electrons. The molecule has 0 saturated carbocycles. The summed E-state index contributed by atoms with van der Waals surface area (Å²) in [7, 11) is 0. The molecule has 2 aromatic rings. The molecule has 1 aromatic carbocycles. The number of pyridine rings is 1. The Hall–Kier alpha value is -2.36. The Balaban J connectivity index is 2.18. The normalized spacial score (nSPS) is 12.9. The number of aromatic nitrogens is 1. The fourth-order valence-corrected chi connectivity index (χ4v) is 1.60. The zero-order valence-electron chi connectivity index (χ0n) is 8.31. The quantitative estimate of drug-likeness (QED) is 0.729. The van der Waals surface area contributed by atoms with Gasteiger partial charge < -0.3 is 10.1 Å². The van der Waals surface area contributed by atoms with Crippen molar-refractivity contribution < 1.29 is 9.53 Å². The number of ether oxygens (including phenoxy) is 1. The Morgan fingerprint density at radius 1 is 1.06 bits per heavy atom. The molecule has 1 aliphatic rings. The third-order valence-corrected chi connectivity index (χ3v) is 2.35. The molecule has 0 atom stereocenters. The van der Waals surface area contributed by atoms with Gasteiger partial charge in [-0.05, 0) is 24.3 Å². The summed E-state index contributed by atoms with van der Waals surface area (Å²) >= 11 is 0. The number of rotatable bonds is 0. The van der Waals surface area contributed by atoms with Crippen molar-refractivity contribution in [2.45, 2.75) is 0 Å². The summed E-state index contributed by atoms with van der Waals surface area (Å²) in [5.74, 6) is 1.35. The number of nitrogens with zero attached hydrogens (tertiary/aromatic N) is 1. The zero-order chi connectivity index (χ0) is 11.0. The van der Waals surface area contributed by atoms with E-state index in [0.717, 1.165) is 0 Å². The SMILES string of the molecule is O=C1Nc2ncccc2Oc2ccccc21. The van der Waals surface area contributed by atoms with Gasteiger partial charge in [-0.3, -0.25) is 4.79 Å². The van der Waals surface area contributed by atoms with E-state index in [0.29, 0.717) is 22.9 Å². The number of nitrogens with one attached hydrogen (secondary N) is 1. The maximum Gasteiger partial charge on any atom is 0.260 e. The molecule has 3 rings (SSSR count). The Morgan fingerprint density at radius 2 is 1.88 bits per heavy atom. The Bertz CT molecular complexity index is 566. The molecule has 1 N–H and O–H groups in total. The highest BCUT2D eigenvalue weighted by Gasteiger charge is 2.20. The Kier molecular flexibility index (Phi) is 1.86. The van der Waals surface area contributed by atoms with E-state index in [1.54, 1.807) is 36.5 Å². The Morgan fingerprint density at radius 3 is 2.81 bits per heavy atom. The van der Waals surface area contributed by atoms with E-state index < -0.39 is 0 Å². The van der Waals surface area contributed by atoms with Gasteiger partial charge in [0.05, 0.1) is 5.56 Å². The first-order valence-electron chi connectivity index (χ1n) is 4.88. The molecule has 2 heterocycles. The van der Waals surface area contributed by atoms with Crippen molar-refractivity contribution in [3.63, 3.8) is 0 Å². The second-order valence-corrected chi connectivity index (χ2v) is 3.40. The summed E-state index contributed by atoms with van der Waals surface area (Å²) in [4.78, 5) is 15.9. The lowest BCUT2D eigenvalue weighted by molar-refractivity contribution is 0.102. The van der Waals surface area contributed by atoms with Gasteiger partial charge in [0.25, 0.3) is 5.91 Å². The van der Waals surface area contributed by atoms with Gasteiger partial charge in [0.2, 0.25) is 0 Å². The van der Waals surface area contributed by atoms with E-state index in [9.17, 15) is 4.79 Å². The van der Waals surface area contributed by atoms with Crippen LogP contribution in [0.3, 0.4) is 0 Å². The van der Waals surface area contributed by atoms with Crippen molar-refractivity contribution in [2.75, 3.05) is 5.32 Å². The number of carbonyl (C=O) groups is 1. The van der Waals surface area contributed by atoms with Crippen molar-refractivity contribution in [3.8, 4) is 11.5 Å². The highest BCUT2D eigenvalue weighted by atomic mass is 16.5. The van der Waals surface area contributed by atoms with Crippen LogP contribution in [0.2, 0.25) is 0 Å². The van der Waals surface area contributed by atoms with Crippen LogP contribution in [-0.2, 0) is 0 Å². The molecule has 0 fully saturated rings. The van der Waals surface area contributed by atoms with E-state index in [-0.39, 0.29) is 5.91 Å². The number of hydrogen-bond donors (Lipinski definition) is 1. The first kappa shape index (κ1) is 8.91. The summed E-state index contributed by atoms with van der Waals surface area (Å²) < 4.78 is 5.63. The fourth-order valence-electron chi connectivity index (χ4n) is 1.60. The van der Waals surface area contributed by atoms with Crippen LogP contribution in [0.15, 0.2) is 42.6 Å². The summed E-state index contributed by atoms with van der Waals surface area (Å²) in [6, 6.07) is 10.6. The molecule has 1 aromatic heterocycles. The lowest BCUT2D eigenvalue weighted by Crippen LogP contribution is -2.10. The molecule has 0 spiro atoms. The number of para-hydroxylation sites is 1. The van der Waals surface area contributed by atoms with Gasteiger partial charge in [0.15, 0.2) is 11.6 Å². The highest BCUT2D eigenvalue weighted by Crippen LogP contribution is 2.33. The molecule has 4 heteroatoms. The smallest absolute Gasteiger partial charge is 0.260 e. The highest BCUT2D eigenvalue weighted by molar-refractivity contribution is 6.07. The van der Waals surface area contributed by atoms with Gasteiger partial charge in [-0.15, -0.1) is 0 Å². The molecule has 16 heavy (non-hydrogen) atoms. The average Bonchev–Trinajstić information content (AvgIpc) is 2.45. The third kappa shape index (κ3) is 1.32. The number of hydrogen-bond acceptors (Lipinski definition) is 3. The molecular weight excluding hydrogens is 204 g/mol. The minimum absolute atomic E-state index is 0.201. The lowest BCUT2D eigenvalue weighted by atomic mass is 10.2. The van der Waals surface area contributed by atoms with Gasteiger partial charge >= 0.3 is 0 Å². The van der Waals surface area contributed by atoms with Crippen molar-refractivity contribution in [2.24, 2.45) is 0 Å². The second-order valence-electron chi connectivity index (χ2n) is 3.40. The predicted molar refractivity (Wildman–Crippen MR) is 58.7 cm³/mol. The summed E-state index contributed by atoms with van der Waals surface area (Å²) in [5.41, 5.74) is 0.514. The maximum atomic E-state index is 11.8. The fraction of sp³-hybridized carbons (Fsp3) is 0.